The zero-order chi connectivity index (χ0) is 20.1. The van der Waals surface area contributed by atoms with Gasteiger partial charge in [0.05, 0.1) is 6.54 Å². The summed E-state index contributed by atoms with van der Waals surface area (Å²) in [5.74, 6) is -0.524. The van der Waals surface area contributed by atoms with E-state index in [1.807, 2.05) is 0 Å². The molecule has 0 unspecified atom stereocenters. The molecule has 1 aromatic heterocycles. The van der Waals surface area contributed by atoms with Crippen LogP contribution in [-0.4, -0.2) is 68.3 Å². The Morgan fingerprint density at radius 1 is 1.14 bits per heavy atom. The van der Waals surface area contributed by atoms with Crippen LogP contribution in [0.25, 0.3) is 0 Å². The van der Waals surface area contributed by atoms with Gasteiger partial charge in [0.2, 0.25) is 15.9 Å². The Kier molecular flexibility index (Phi) is 6.25. The fraction of sp³-hybridized carbons (Fsp3) is 0.368. The largest absolute Gasteiger partial charge is 0.370 e. The Labute approximate surface area is 164 Å². The van der Waals surface area contributed by atoms with Crippen molar-refractivity contribution in [3.63, 3.8) is 0 Å². The summed E-state index contributed by atoms with van der Waals surface area (Å²) < 4.78 is 39.3. The number of hydrogen-bond acceptors (Lipinski definition) is 5. The van der Waals surface area contributed by atoms with Crippen molar-refractivity contribution in [2.24, 2.45) is 0 Å². The summed E-state index contributed by atoms with van der Waals surface area (Å²) in [4.78, 5) is 20.3. The monoisotopic (exact) mass is 406 g/mol. The fourth-order valence-corrected chi connectivity index (χ4v) is 4.22. The number of hydrogen-bond donors (Lipinski definition) is 0. The van der Waals surface area contributed by atoms with Gasteiger partial charge in [-0.2, -0.15) is 4.31 Å². The molecule has 0 spiro atoms. The van der Waals surface area contributed by atoms with Crippen LogP contribution in [0.1, 0.15) is 6.42 Å². The van der Waals surface area contributed by atoms with Gasteiger partial charge in [-0.15, -0.1) is 0 Å². The van der Waals surface area contributed by atoms with Gasteiger partial charge >= 0.3 is 0 Å². The van der Waals surface area contributed by atoms with Crippen LogP contribution in [0.4, 0.5) is 10.1 Å². The highest BCUT2D eigenvalue weighted by Gasteiger charge is 2.26. The minimum atomic E-state index is -3.76. The summed E-state index contributed by atoms with van der Waals surface area (Å²) in [7, 11) is -2.37. The lowest BCUT2D eigenvalue weighted by Crippen LogP contribution is -2.42. The Bertz CT molecular complexity index is 907. The average Bonchev–Trinajstić information content (AvgIpc) is 2.95. The number of nitrogens with zero attached hydrogens (tertiary/aromatic N) is 4. The topological polar surface area (TPSA) is 73.8 Å². The van der Waals surface area contributed by atoms with Crippen LogP contribution < -0.4 is 4.90 Å². The van der Waals surface area contributed by atoms with E-state index >= 15 is 0 Å². The van der Waals surface area contributed by atoms with Crippen molar-refractivity contribution in [3.05, 3.63) is 54.6 Å². The van der Waals surface area contributed by atoms with Crippen molar-refractivity contribution in [1.82, 2.24) is 14.2 Å². The van der Waals surface area contributed by atoms with Crippen LogP contribution in [0.3, 0.4) is 0 Å². The van der Waals surface area contributed by atoms with E-state index in [1.54, 1.807) is 23.1 Å². The summed E-state index contributed by atoms with van der Waals surface area (Å²) in [6, 6.07) is 9.28. The normalized spacial score (nSPS) is 15.5. The highest BCUT2D eigenvalue weighted by atomic mass is 32.2. The first-order valence-corrected chi connectivity index (χ1v) is 10.5. The Morgan fingerprint density at radius 2 is 1.89 bits per heavy atom. The minimum Gasteiger partial charge on any atom is -0.370 e. The molecule has 1 fully saturated rings. The SMILES string of the molecule is CN(CC(=O)N1CCCN(c2ccc(F)cc2)CC1)S(=O)(=O)c1cccnc1. The maximum absolute atomic E-state index is 13.1. The molecule has 1 amide bonds. The number of rotatable bonds is 5. The highest BCUT2D eigenvalue weighted by molar-refractivity contribution is 7.89. The highest BCUT2D eigenvalue weighted by Crippen LogP contribution is 2.18. The summed E-state index contributed by atoms with van der Waals surface area (Å²) in [5, 5.41) is 0. The molecular formula is C19H23FN4O3S. The standard InChI is InChI=1S/C19H23FN4O3S/c1-22(28(26,27)18-4-2-9-21-14-18)15-19(25)24-11-3-10-23(12-13-24)17-7-5-16(20)6-8-17/h2,4-9,14H,3,10-13,15H2,1H3. The predicted molar refractivity (Wildman–Crippen MR) is 104 cm³/mol. The molecule has 0 atom stereocenters. The summed E-state index contributed by atoms with van der Waals surface area (Å²) in [6.07, 6.45) is 3.51. The number of pyridine rings is 1. The molecule has 7 nitrogen and oxygen atoms in total. The number of sulfonamides is 1. The number of benzene rings is 1. The molecule has 1 aromatic carbocycles. The van der Waals surface area contributed by atoms with E-state index in [4.69, 9.17) is 0 Å². The molecule has 9 heteroatoms. The van der Waals surface area contributed by atoms with Gasteiger partial charge in [0, 0.05) is 51.3 Å². The maximum atomic E-state index is 13.1. The van der Waals surface area contributed by atoms with Gasteiger partial charge in [0.25, 0.3) is 0 Å². The second kappa shape index (κ2) is 8.66. The molecule has 2 aromatic rings. The van der Waals surface area contributed by atoms with Gasteiger partial charge in [0.15, 0.2) is 0 Å². The van der Waals surface area contributed by atoms with Gasteiger partial charge in [-0.05, 0) is 42.8 Å². The van der Waals surface area contributed by atoms with Gasteiger partial charge in [-0.3, -0.25) is 9.78 Å². The molecule has 150 valence electrons. The molecule has 1 saturated heterocycles. The molecule has 0 bridgehead atoms. The van der Waals surface area contributed by atoms with Crippen molar-refractivity contribution < 1.29 is 17.6 Å². The smallest absolute Gasteiger partial charge is 0.244 e. The number of aromatic nitrogens is 1. The van der Waals surface area contributed by atoms with E-state index in [9.17, 15) is 17.6 Å². The summed E-state index contributed by atoms with van der Waals surface area (Å²) in [5.41, 5.74) is 0.909. The number of amides is 1. The van der Waals surface area contributed by atoms with Crippen LogP contribution in [0, 0.1) is 5.82 Å². The zero-order valence-corrected chi connectivity index (χ0v) is 16.5. The van der Waals surface area contributed by atoms with Crippen molar-refractivity contribution >= 4 is 21.6 Å². The second-order valence-corrected chi connectivity index (χ2v) is 8.69. The van der Waals surface area contributed by atoms with Gasteiger partial charge in [0.1, 0.15) is 10.7 Å². The quantitative estimate of drug-likeness (QED) is 0.754. The van der Waals surface area contributed by atoms with Crippen molar-refractivity contribution in [2.45, 2.75) is 11.3 Å². The summed E-state index contributed by atoms with van der Waals surface area (Å²) in [6.45, 7) is 2.16. The Balaban J connectivity index is 1.61. The van der Waals surface area contributed by atoms with E-state index in [2.05, 4.69) is 9.88 Å². The molecular weight excluding hydrogens is 383 g/mol. The number of likely N-dealkylation sites (N-methyl/N-ethyl adjacent to an activating group) is 1. The second-order valence-electron chi connectivity index (χ2n) is 6.65. The van der Waals surface area contributed by atoms with Gasteiger partial charge in [-0.25, -0.2) is 12.8 Å². The molecule has 3 rings (SSSR count). The molecule has 2 heterocycles. The molecule has 28 heavy (non-hydrogen) atoms. The van der Waals surface area contributed by atoms with Crippen molar-refractivity contribution in [1.29, 1.82) is 0 Å². The first-order chi connectivity index (χ1) is 13.4. The molecule has 0 saturated carbocycles. The first kappa shape index (κ1) is 20.2. The molecule has 1 aliphatic rings. The zero-order valence-electron chi connectivity index (χ0n) is 15.7. The number of carbonyl (C=O) groups is 1. The maximum Gasteiger partial charge on any atom is 0.244 e. The molecule has 0 N–H and O–H groups in total. The third-order valence-electron chi connectivity index (χ3n) is 4.74. The van der Waals surface area contributed by atoms with E-state index in [1.165, 1.54) is 37.6 Å². The van der Waals surface area contributed by atoms with Gasteiger partial charge < -0.3 is 9.80 Å². The number of anilines is 1. The Hall–Kier alpha value is -2.52. The number of halogens is 1. The van der Waals surface area contributed by atoms with Crippen LogP contribution in [0.15, 0.2) is 53.7 Å². The third kappa shape index (κ3) is 4.66. The van der Waals surface area contributed by atoms with Crippen LogP contribution in [-0.2, 0) is 14.8 Å². The van der Waals surface area contributed by atoms with Crippen LogP contribution in [0.2, 0.25) is 0 Å². The fourth-order valence-electron chi connectivity index (χ4n) is 3.13. The summed E-state index contributed by atoms with van der Waals surface area (Å²) >= 11 is 0. The van der Waals surface area contributed by atoms with E-state index < -0.39 is 10.0 Å². The first-order valence-electron chi connectivity index (χ1n) is 9.02. The van der Waals surface area contributed by atoms with Crippen LogP contribution in [0.5, 0.6) is 0 Å². The lowest BCUT2D eigenvalue weighted by atomic mass is 10.2. The molecule has 0 radical (unpaired) electrons. The minimum absolute atomic E-state index is 0.0589. The van der Waals surface area contributed by atoms with E-state index in [-0.39, 0.29) is 23.2 Å². The Morgan fingerprint density at radius 3 is 2.57 bits per heavy atom. The van der Waals surface area contributed by atoms with Crippen molar-refractivity contribution in [3.8, 4) is 0 Å². The average molecular weight is 406 g/mol. The lowest BCUT2D eigenvalue weighted by Gasteiger charge is -2.25. The van der Waals surface area contributed by atoms with E-state index in [0.29, 0.717) is 19.6 Å². The van der Waals surface area contributed by atoms with Crippen LogP contribution >= 0.6 is 0 Å². The third-order valence-corrected chi connectivity index (χ3v) is 6.53. The van der Waals surface area contributed by atoms with Gasteiger partial charge in [-0.1, -0.05) is 0 Å². The van der Waals surface area contributed by atoms with E-state index in [0.717, 1.165) is 23.0 Å². The predicted octanol–water partition coefficient (Wildman–Crippen LogP) is 1.58. The lowest BCUT2D eigenvalue weighted by molar-refractivity contribution is -0.131. The molecule has 1 aliphatic heterocycles. The number of carbonyl (C=O) groups excluding carboxylic acids is 1. The van der Waals surface area contributed by atoms with Crippen molar-refractivity contribution in [2.75, 3.05) is 44.7 Å². The molecule has 0 aliphatic carbocycles.